The molecule has 0 aliphatic carbocycles. The van der Waals surface area contributed by atoms with Gasteiger partial charge in [0.2, 0.25) is 18.2 Å². The first kappa shape index (κ1) is 25.6. The van der Waals surface area contributed by atoms with Gasteiger partial charge in [0.05, 0.1) is 18.2 Å². The minimum absolute atomic E-state index is 0.0611. The molecule has 0 bridgehead atoms. The van der Waals surface area contributed by atoms with E-state index in [4.69, 9.17) is 4.42 Å². The van der Waals surface area contributed by atoms with Gasteiger partial charge >= 0.3 is 0 Å². The first-order chi connectivity index (χ1) is 17.8. The van der Waals surface area contributed by atoms with Crippen molar-refractivity contribution in [3.05, 3.63) is 88.8 Å². The van der Waals surface area contributed by atoms with Gasteiger partial charge < -0.3 is 19.7 Å². The minimum atomic E-state index is -0.956. The maximum atomic E-state index is 13.6. The molecule has 3 aromatic rings. The van der Waals surface area contributed by atoms with Crippen LogP contribution in [0.3, 0.4) is 0 Å². The molecule has 0 radical (unpaired) electrons. The Bertz CT molecular complexity index is 1370. The second-order valence-electron chi connectivity index (χ2n) is 8.74. The summed E-state index contributed by atoms with van der Waals surface area (Å²) in [4.78, 5) is 52.3. The third-order valence-electron chi connectivity index (χ3n) is 6.39. The molecule has 0 saturated carbocycles. The molecule has 10 nitrogen and oxygen atoms in total. The number of phenols is 1. The lowest BCUT2D eigenvalue weighted by molar-refractivity contribution is -0.183. The molecular weight excluding hydrogens is 476 g/mol. The summed E-state index contributed by atoms with van der Waals surface area (Å²) in [5.74, 6) is -0.675. The zero-order valence-corrected chi connectivity index (χ0v) is 20.4. The van der Waals surface area contributed by atoms with Gasteiger partial charge in [-0.05, 0) is 30.7 Å². The summed E-state index contributed by atoms with van der Waals surface area (Å²) in [5.41, 5.74) is 1.52. The molecule has 1 fully saturated rings. The number of hydrogen-bond acceptors (Lipinski definition) is 7. The lowest BCUT2D eigenvalue weighted by atomic mass is 10.0. The molecule has 4 rings (SSSR count). The third-order valence-corrected chi connectivity index (χ3v) is 6.39. The van der Waals surface area contributed by atoms with E-state index >= 15 is 0 Å². The standard InChI is InChI=1S/C27H28N4O6/c1-3-12-29-16-25(35)31(18(2)30(29)17-32)23(14-19-7-9-21(33)10-8-19)27(36)28-15-20-5-4-6-22-24(34)11-13-37-26(20)22/h3-11,13,17-18,23,33H,1,12,14-16H2,2H3,(H,28,36)/t18-,23+/m1/s1. The van der Waals surface area contributed by atoms with Crippen LogP contribution < -0.4 is 10.7 Å². The van der Waals surface area contributed by atoms with E-state index in [0.29, 0.717) is 29.5 Å². The second-order valence-corrected chi connectivity index (χ2v) is 8.74. The van der Waals surface area contributed by atoms with E-state index in [1.807, 2.05) is 0 Å². The van der Waals surface area contributed by atoms with Crippen molar-refractivity contribution in [1.29, 1.82) is 0 Å². The van der Waals surface area contributed by atoms with Crippen LogP contribution in [0.4, 0.5) is 0 Å². The molecule has 1 aliphatic heterocycles. The zero-order chi connectivity index (χ0) is 26.5. The molecule has 2 N–H and O–H groups in total. The summed E-state index contributed by atoms with van der Waals surface area (Å²) in [5, 5.41) is 15.9. The smallest absolute Gasteiger partial charge is 0.243 e. The van der Waals surface area contributed by atoms with Gasteiger partial charge in [0.25, 0.3) is 0 Å². The number of benzene rings is 2. The van der Waals surface area contributed by atoms with Crippen LogP contribution in [-0.4, -0.2) is 63.5 Å². The number of carbonyl (C=O) groups is 3. The van der Waals surface area contributed by atoms with Crippen LogP contribution in [0.2, 0.25) is 0 Å². The number of rotatable bonds is 9. The van der Waals surface area contributed by atoms with Crippen molar-refractivity contribution in [2.75, 3.05) is 13.1 Å². The van der Waals surface area contributed by atoms with Gasteiger partial charge in [-0.3, -0.25) is 24.2 Å². The number of hydrogen-bond donors (Lipinski definition) is 2. The van der Waals surface area contributed by atoms with E-state index in [2.05, 4.69) is 11.9 Å². The van der Waals surface area contributed by atoms with Gasteiger partial charge in [0, 0.05) is 31.1 Å². The van der Waals surface area contributed by atoms with Crippen molar-refractivity contribution in [2.45, 2.75) is 32.1 Å². The molecule has 0 spiro atoms. The number of hydrazine groups is 1. The first-order valence-electron chi connectivity index (χ1n) is 11.8. The predicted molar refractivity (Wildman–Crippen MR) is 136 cm³/mol. The number of aromatic hydroxyl groups is 1. The lowest BCUT2D eigenvalue weighted by Gasteiger charge is -2.48. The number of carbonyl (C=O) groups excluding carboxylic acids is 3. The SMILES string of the molecule is C=CCN1CC(=O)N([C@@H](Cc2ccc(O)cc2)C(=O)NCc2cccc3c(=O)ccoc23)[C@H](C)N1C=O. The average Bonchev–Trinajstić information content (AvgIpc) is 2.88. The van der Waals surface area contributed by atoms with E-state index < -0.39 is 18.1 Å². The Balaban J connectivity index is 1.63. The van der Waals surface area contributed by atoms with Crippen molar-refractivity contribution < 1.29 is 23.9 Å². The summed E-state index contributed by atoms with van der Waals surface area (Å²) in [6, 6.07) is 11.8. The summed E-state index contributed by atoms with van der Waals surface area (Å²) in [6.45, 7) is 5.62. The molecule has 2 atom stereocenters. The fraction of sp³-hybridized carbons (Fsp3) is 0.259. The van der Waals surface area contributed by atoms with Gasteiger partial charge in [0.15, 0.2) is 5.43 Å². The quantitative estimate of drug-likeness (QED) is 0.336. The topological polar surface area (TPSA) is 123 Å². The van der Waals surface area contributed by atoms with Gasteiger partial charge in [-0.2, -0.15) is 0 Å². The number of phenolic OH excluding ortho intramolecular Hbond substituents is 1. The highest BCUT2D eigenvalue weighted by molar-refractivity contribution is 5.90. The molecule has 10 heteroatoms. The lowest BCUT2D eigenvalue weighted by Crippen LogP contribution is -2.68. The molecule has 37 heavy (non-hydrogen) atoms. The van der Waals surface area contributed by atoms with Crippen molar-refractivity contribution >= 4 is 29.2 Å². The van der Waals surface area contributed by atoms with Crippen LogP contribution in [0.1, 0.15) is 18.1 Å². The summed E-state index contributed by atoms with van der Waals surface area (Å²) >= 11 is 0. The molecule has 2 aromatic carbocycles. The Labute approximate surface area is 213 Å². The Hall–Kier alpha value is -4.44. The summed E-state index contributed by atoms with van der Waals surface area (Å²) in [7, 11) is 0. The highest BCUT2D eigenvalue weighted by atomic mass is 16.3. The predicted octanol–water partition coefficient (Wildman–Crippen LogP) is 1.78. The largest absolute Gasteiger partial charge is 0.508 e. The number of fused-ring (bicyclic) bond motifs is 1. The summed E-state index contributed by atoms with van der Waals surface area (Å²) in [6.07, 6.45) is 2.94. The van der Waals surface area contributed by atoms with Gasteiger partial charge in [-0.1, -0.05) is 30.3 Å². The van der Waals surface area contributed by atoms with Crippen molar-refractivity contribution in [3.63, 3.8) is 0 Å². The fourth-order valence-electron chi connectivity index (χ4n) is 4.57. The third kappa shape index (κ3) is 5.39. The van der Waals surface area contributed by atoms with Crippen molar-refractivity contribution in [2.24, 2.45) is 0 Å². The molecule has 1 aromatic heterocycles. The fourth-order valence-corrected chi connectivity index (χ4v) is 4.57. The number of para-hydroxylation sites is 1. The Morgan fingerprint density at radius 2 is 1.97 bits per heavy atom. The summed E-state index contributed by atoms with van der Waals surface area (Å²) < 4.78 is 5.54. The van der Waals surface area contributed by atoms with E-state index in [1.165, 1.54) is 34.4 Å². The number of amides is 3. The highest BCUT2D eigenvalue weighted by Gasteiger charge is 2.41. The van der Waals surface area contributed by atoms with E-state index in [0.717, 1.165) is 5.56 Å². The number of nitrogens with one attached hydrogen (secondary N) is 1. The Morgan fingerprint density at radius 1 is 1.22 bits per heavy atom. The van der Waals surface area contributed by atoms with E-state index in [-0.39, 0.29) is 36.6 Å². The normalized spacial score (nSPS) is 17.0. The van der Waals surface area contributed by atoms with Crippen molar-refractivity contribution in [1.82, 2.24) is 20.2 Å². The molecule has 1 saturated heterocycles. The molecule has 192 valence electrons. The molecule has 0 unspecified atom stereocenters. The number of nitrogens with zero attached hydrogens (tertiary/aromatic N) is 3. The van der Waals surface area contributed by atoms with Gasteiger partial charge in [0.1, 0.15) is 23.5 Å². The molecule has 3 amide bonds. The Morgan fingerprint density at radius 3 is 2.68 bits per heavy atom. The van der Waals surface area contributed by atoms with Crippen LogP contribution in [0, 0.1) is 0 Å². The van der Waals surface area contributed by atoms with Crippen molar-refractivity contribution in [3.8, 4) is 5.75 Å². The average molecular weight is 505 g/mol. The first-order valence-corrected chi connectivity index (χ1v) is 11.8. The van der Waals surface area contributed by atoms with Crippen LogP contribution in [0.15, 0.2) is 76.7 Å². The molecular formula is C27H28N4O6. The van der Waals surface area contributed by atoms with Crippen LogP contribution in [0.25, 0.3) is 11.0 Å². The van der Waals surface area contributed by atoms with Crippen LogP contribution in [0.5, 0.6) is 5.75 Å². The van der Waals surface area contributed by atoms with E-state index in [9.17, 15) is 24.3 Å². The van der Waals surface area contributed by atoms with Gasteiger partial charge in [-0.15, -0.1) is 6.58 Å². The van der Waals surface area contributed by atoms with Crippen LogP contribution in [-0.2, 0) is 27.3 Å². The second kappa shape index (κ2) is 11.1. The molecule has 2 heterocycles. The Kier molecular flexibility index (Phi) is 7.69. The zero-order valence-electron chi connectivity index (χ0n) is 20.4. The highest BCUT2D eigenvalue weighted by Crippen LogP contribution is 2.23. The van der Waals surface area contributed by atoms with Gasteiger partial charge in [-0.25, -0.2) is 5.01 Å². The maximum Gasteiger partial charge on any atom is 0.243 e. The maximum absolute atomic E-state index is 13.6. The monoisotopic (exact) mass is 504 g/mol. The minimum Gasteiger partial charge on any atom is -0.508 e. The van der Waals surface area contributed by atoms with E-state index in [1.54, 1.807) is 48.3 Å². The van der Waals surface area contributed by atoms with Crippen LogP contribution >= 0.6 is 0 Å². The molecule has 1 aliphatic rings.